The molecule has 1 aromatic carbocycles. The summed E-state index contributed by atoms with van der Waals surface area (Å²) in [5, 5.41) is 21.2. The quantitative estimate of drug-likeness (QED) is 0.660. The summed E-state index contributed by atoms with van der Waals surface area (Å²) in [5.74, 6) is -0.282. The summed E-state index contributed by atoms with van der Waals surface area (Å²) in [6.45, 7) is 2.42. The van der Waals surface area contributed by atoms with E-state index in [1.807, 2.05) is 0 Å². The lowest BCUT2D eigenvalue weighted by atomic mass is 10.1. The molecule has 1 amide bonds. The van der Waals surface area contributed by atoms with Gasteiger partial charge in [-0.15, -0.1) is 15.0 Å². The van der Waals surface area contributed by atoms with Crippen molar-refractivity contribution in [3.8, 4) is 22.6 Å². The van der Waals surface area contributed by atoms with Gasteiger partial charge in [-0.3, -0.25) is 9.88 Å². The fourth-order valence-electron chi connectivity index (χ4n) is 2.99. The van der Waals surface area contributed by atoms with Crippen LogP contribution in [0.25, 0.3) is 28.8 Å². The fraction of sp³-hybridized carbons (Fsp3) is 0.211. The standard InChI is InChI=1S/C19H16F2N6O3/c1-2-27-24-18(23-25-27)15-6-3-11(9-22-15)13-5-4-12(7-14(13)21)26-10-17(16(28)8-20)30-19(26)29/h2-7,9,16-17,28H,1,8,10H2/t16?,17-/m0/s1. The number of cyclic esters (lactones) is 1. The van der Waals surface area contributed by atoms with E-state index in [9.17, 15) is 18.7 Å². The summed E-state index contributed by atoms with van der Waals surface area (Å²) < 4.78 is 32.3. The van der Waals surface area contributed by atoms with Gasteiger partial charge in [0.1, 0.15) is 24.3 Å². The number of aliphatic hydroxyl groups excluding tert-OH is 1. The molecule has 154 valence electrons. The molecule has 3 heterocycles. The lowest BCUT2D eigenvalue weighted by molar-refractivity contribution is 0.0188. The van der Waals surface area contributed by atoms with Crippen LogP contribution in [-0.4, -0.2) is 61.8 Å². The van der Waals surface area contributed by atoms with E-state index in [2.05, 4.69) is 27.0 Å². The van der Waals surface area contributed by atoms with Gasteiger partial charge in [0.05, 0.1) is 12.2 Å². The Morgan fingerprint density at radius 3 is 2.83 bits per heavy atom. The molecule has 1 unspecified atom stereocenters. The van der Waals surface area contributed by atoms with Crippen LogP contribution in [0.4, 0.5) is 19.3 Å². The fourth-order valence-corrected chi connectivity index (χ4v) is 2.99. The third-order valence-corrected chi connectivity index (χ3v) is 4.58. The molecule has 4 rings (SSSR count). The highest BCUT2D eigenvalue weighted by atomic mass is 19.1. The molecule has 11 heteroatoms. The SMILES string of the molecule is C=Cn1nnc(-c2ccc(-c3ccc(N4C[C@@H](C(O)CF)OC4=O)cc3F)cn2)n1. The molecule has 1 fully saturated rings. The van der Waals surface area contributed by atoms with E-state index in [1.54, 1.807) is 12.1 Å². The van der Waals surface area contributed by atoms with Gasteiger partial charge in [0.2, 0.25) is 5.82 Å². The normalized spacial score (nSPS) is 17.1. The number of aromatic nitrogens is 5. The molecule has 0 spiro atoms. The molecule has 0 bridgehead atoms. The Hall–Kier alpha value is -3.73. The molecule has 2 atom stereocenters. The van der Waals surface area contributed by atoms with E-state index in [1.165, 1.54) is 35.4 Å². The maximum Gasteiger partial charge on any atom is 0.414 e. The number of benzene rings is 1. The number of amides is 1. The Balaban J connectivity index is 1.55. The molecule has 9 nitrogen and oxygen atoms in total. The van der Waals surface area contributed by atoms with Crippen LogP contribution in [0.1, 0.15) is 0 Å². The van der Waals surface area contributed by atoms with Crippen LogP contribution in [0.15, 0.2) is 43.1 Å². The van der Waals surface area contributed by atoms with Crippen molar-refractivity contribution >= 4 is 18.0 Å². The zero-order valence-electron chi connectivity index (χ0n) is 15.5. The summed E-state index contributed by atoms with van der Waals surface area (Å²) in [6, 6.07) is 7.50. The highest BCUT2D eigenvalue weighted by molar-refractivity contribution is 5.90. The Morgan fingerprint density at radius 2 is 2.20 bits per heavy atom. The first-order valence-corrected chi connectivity index (χ1v) is 8.90. The van der Waals surface area contributed by atoms with Crippen LogP contribution in [0, 0.1) is 5.82 Å². The smallest absolute Gasteiger partial charge is 0.414 e. The summed E-state index contributed by atoms with van der Waals surface area (Å²) in [7, 11) is 0. The number of hydrogen-bond acceptors (Lipinski definition) is 7. The van der Waals surface area contributed by atoms with Crippen molar-refractivity contribution in [1.29, 1.82) is 0 Å². The number of rotatable bonds is 6. The van der Waals surface area contributed by atoms with Crippen molar-refractivity contribution in [2.24, 2.45) is 0 Å². The zero-order chi connectivity index (χ0) is 21.3. The second-order valence-corrected chi connectivity index (χ2v) is 6.47. The molecule has 1 aliphatic heterocycles. The molecule has 3 aromatic rings. The van der Waals surface area contributed by atoms with Gasteiger partial charge in [0, 0.05) is 23.5 Å². The van der Waals surface area contributed by atoms with Gasteiger partial charge in [-0.2, -0.15) is 0 Å². The summed E-state index contributed by atoms with van der Waals surface area (Å²) in [4.78, 5) is 18.6. The Labute approximate surface area is 169 Å². The van der Waals surface area contributed by atoms with Crippen molar-refractivity contribution in [2.75, 3.05) is 18.1 Å². The van der Waals surface area contributed by atoms with Gasteiger partial charge >= 0.3 is 6.09 Å². The van der Waals surface area contributed by atoms with E-state index in [0.29, 0.717) is 17.1 Å². The van der Waals surface area contributed by atoms with Crippen LogP contribution in [0.3, 0.4) is 0 Å². The van der Waals surface area contributed by atoms with Gasteiger partial charge in [-0.25, -0.2) is 13.6 Å². The number of aliphatic hydroxyl groups is 1. The van der Waals surface area contributed by atoms with E-state index in [-0.39, 0.29) is 17.8 Å². The molecule has 1 saturated heterocycles. The molecular formula is C19H16F2N6O3. The molecule has 30 heavy (non-hydrogen) atoms. The van der Waals surface area contributed by atoms with Crippen molar-refractivity contribution in [1.82, 2.24) is 25.2 Å². The van der Waals surface area contributed by atoms with Crippen molar-refractivity contribution in [2.45, 2.75) is 12.2 Å². The molecule has 1 N–H and O–H groups in total. The van der Waals surface area contributed by atoms with Crippen LogP contribution in [-0.2, 0) is 4.74 Å². The molecule has 0 radical (unpaired) electrons. The Morgan fingerprint density at radius 1 is 1.37 bits per heavy atom. The van der Waals surface area contributed by atoms with Gasteiger partial charge in [0.15, 0.2) is 6.10 Å². The molecule has 1 aliphatic rings. The van der Waals surface area contributed by atoms with Crippen molar-refractivity contribution in [3.63, 3.8) is 0 Å². The lowest BCUT2D eigenvalue weighted by Gasteiger charge is -2.15. The van der Waals surface area contributed by atoms with Crippen LogP contribution in [0.5, 0.6) is 0 Å². The van der Waals surface area contributed by atoms with Crippen molar-refractivity contribution < 1.29 is 23.4 Å². The summed E-state index contributed by atoms with van der Waals surface area (Å²) in [6.07, 6.45) is -0.339. The van der Waals surface area contributed by atoms with E-state index in [4.69, 9.17) is 4.74 Å². The number of halogens is 2. The largest absolute Gasteiger partial charge is 0.441 e. The minimum absolute atomic E-state index is 0.0721. The Bertz CT molecular complexity index is 1090. The average Bonchev–Trinajstić information content (AvgIpc) is 3.40. The van der Waals surface area contributed by atoms with Gasteiger partial charge in [-0.1, -0.05) is 12.6 Å². The number of carbonyl (C=O) groups excluding carboxylic acids is 1. The monoisotopic (exact) mass is 414 g/mol. The number of hydrogen-bond donors (Lipinski definition) is 1. The molecule has 0 saturated carbocycles. The average molecular weight is 414 g/mol. The zero-order valence-corrected chi connectivity index (χ0v) is 15.5. The predicted molar refractivity (Wildman–Crippen MR) is 102 cm³/mol. The first-order chi connectivity index (χ1) is 14.5. The molecule has 0 aliphatic carbocycles. The maximum atomic E-state index is 14.7. The first kappa shape index (κ1) is 19.6. The number of carbonyl (C=O) groups is 1. The third-order valence-electron chi connectivity index (χ3n) is 4.58. The van der Waals surface area contributed by atoms with Crippen LogP contribution < -0.4 is 4.90 Å². The van der Waals surface area contributed by atoms with Gasteiger partial charge < -0.3 is 9.84 Å². The van der Waals surface area contributed by atoms with Crippen LogP contribution >= 0.6 is 0 Å². The van der Waals surface area contributed by atoms with Gasteiger partial charge in [-0.05, 0) is 29.5 Å². The topological polar surface area (TPSA) is 106 Å². The number of pyridine rings is 1. The number of ether oxygens (including phenoxy) is 1. The highest BCUT2D eigenvalue weighted by Gasteiger charge is 2.37. The predicted octanol–water partition coefficient (Wildman–Crippen LogP) is 2.30. The Kier molecular flexibility index (Phi) is 5.19. The number of anilines is 1. The summed E-state index contributed by atoms with van der Waals surface area (Å²) >= 11 is 0. The van der Waals surface area contributed by atoms with Crippen molar-refractivity contribution in [3.05, 3.63) is 48.9 Å². The maximum absolute atomic E-state index is 14.7. The minimum Gasteiger partial charge on any atom is -0.441 e. The van der Waals surface area contributed by atoms with E-state index < -0.39 is 30.8 Å². The second kappa shape index (κ2) is 7.95. The van der Waals surface area contributed by atoms with E-state index >= 15 is 0 Å². The first-order valence-electron chi connectivity index (χ1n) is 8.90. The van der Waals surface area contributed by atoms with E-state index in [0.717, 1.165) is 4.90 Å². The minimum atomic E-state index is -1.42. The highest BCUT2D eigenvalue weighted by Crippen LogP contribution is 2.30. The molecular weight excluding hydrogens is 398 g/mol. The number of tetrazole rings is 1. The molecule has 2 aromatic heterocycles. The summed E-state index contributed by atoms with van der Waals surface area (Å²) in [5.41, 5.74) is 1.48. The number of nitrogens with zero attached hydrogens (tertiary/aromatic N) is 6. The third kappa shape index (κ3) is 3.62. The second-order valence-electron chi connectivity index (χ2n) is 6.47. The van der Waals surface area contributed by atoms with Gasteiger partial charge in [0.25, 0.3) is 0 Å². The number of alkyl halides is 1. The lowest BCUT2D eigenvalue weighted by Crippen LogP contribution is -2.32. The van der Waals surface area contributed by atoms with Crippen LogP contribution in [0.2, 0.25) is 0 Å².